The Bertz CT molecular complexity index is 334. The molecule has 1 atom stereocenters. The molecule has 0 spiro atoms. The van der Waals surface area contributed by atoms with Crippen LogP contribution in [0, 0.1) is 0 Å². The third kappa shape index (κ3) is 27.8. The molecule has 7 heteroatoms. The Hall–Kier alpha value is -0.476. The van der Waals surface area contributed by atoms with Crippen LogP contribution in [0.25, 0.3) is 0 Å². The molecule has 0 saturated carbocycles. The molecule has 1 unspecified atom stereocenters. The molecular weight excluding hydrogens is 376 g/mol. The number of unbranched alkanes of at least 4 members (excludes halogenated alkanes) is 2. The largest absolute Gasteiger partial charge is 0.460 e. The molecule has 0 aromatic rings. The van der Waals surface area contributed by atoms with E-state index < -0.39 is 29.4 Å². The van der Waals surface area contributed by atoms with Gasteiger partial charge in [-0.2, -0.15) is 0 Å². The normalized spacial score (nSPS) is 11.4. The molecular formula is C20H48O5Si2. The lowest BCUT2D eigenvalue weighted by Gasteiger charge is -2.25. The standard InChI is InChI=1S/C13H28O5Si2.C5H12.2CH4/c1-6-13(15)17-11-12(14)10-16-8-7-9-20(4,5)18-19(2)3;1-3-5-4-2;;/h6,12,14,19H,1,7-11H2,2-5H3;3-5H2,1-2H3;2*1H4. The van der Waals surface area contributed by atoms with E-state index in [9.17, 15) is 9.90 Å². The fourth-order valence-electron chi connectivity index (χ4n) is 2.16. The first-order valence-corrected chi connectivity index (χ1v) is 15.3. The van der Waals surface area contributed by atoms with Gasteiger partial charge in [0.1, 0.15) is 12.7 Å². The molecule has 1 N–H and O–H groups in total. The number of carbonyl (C=O) groups is 1. The van der Waals surface area contributed by atoms with Gasteiger partial charge in [0.15, 0.2) is 17.4 Å². The first-order valence-electron chi connectivity index (χ1n) is 9.41. The van der Waals surface area contributed by atoms with E-state index in [2.05, 4.69) is 46.6 Å². The first kappa shape index (κ1) is 34.1. The fraction of sp³-hybridized carbons (Fsp3) is 0.850. The smallest absolute Gasteiger partial charge is 0.330 e. The lowest BCUT2D eigenvalue weighted by atomic mass is 10.3. The van der Waals surface area contributed by atoms with Gasteiger partial charge in [0.05, 0.1) is 6.61 Å². The molecule has 0 heterocycles. The average molecular weight is 425 g/mol. The van der Waals surface area contributed by atoms with Gasteiger partial charge in [-0.05, 0) is 38.7 Å². The van der Waals surface area contributed by atoms with E-state index in [4.69, 9.17) is 13.6 Å². The van der Waals surface area contributed by atoms with Crippen LogP contribution in [0.2, 0.25) is 32.2 Å². The van der Waals surface area contributed by atoms with Crippen LogP contribution in [0.3, 0.4) is 0 Å². The summed E-state index contributed by atoms with van der Waals surface area (Å²) in [6, 6.07) is 1.06. The van der Waals surface area contributed by atoms with Gasteiger partial charge in [-0.3, -0.25) is 0 Å². The minimum Gasteiger partial charge on any atom is -0.460 e. The maximum absolute atomic E-state index is 10.8. The Morgan fingerprint density at radius 3 is 2.11 bits per heavy atom. The van der Waals surface area contributed by atoms with Crippen LogP contribution in [0.15, 0.2) is 12.7 Å². The van der Waals surface area contributed by atoms with Crippen LogP contribution in [0.4, 0.5) is 0 Å². The molecule has 0 aromatic heterocycles. The molecule has 0 radical (unpaired) electrons. The Labute approximate surface area is 172 Å². The lowest BCUT2D eigenvalue weighted by Crippen LogP contribution is -2.35. The highest BCUT2D eigenvalue weighted by molar-refractivity contribution is 6.77. The zero-order valence-corrected chi connectivity index (χ0v) is 19.3. The van der Waals surface area contributed by atoms with Gasteiger partial charge in [0.2, 0.25) is 0 Å². The summed E-state index contributed by atoms with van der Waals surface area (Å²) in [7, 11) is -2.51. The van der Waals surface area contributed by atoms with E-state index in [1.807, 2.05) is 0 Å². The zero-order valence-electron chi connectivity index (χ0n) is 17.2. The second-order valence-corrected chi connectivity index (χ2v) is 14.0. The van der Waals surface area contributed by atoms with Crippen molar-refractivity contribution >= 4 is 23.3 Å². The quantitative estimate of drug-likeness (QED) is 0.191. The molecule has 0 aliphatic rings. The monoisotopic (exact) mass is 424 g/mol. The summed E-state index contributed by atoms with van der Waals surface area (Å²) in [5, 5.41) is 9.52. The van der Waals surface area contributed by atoms with Crippen LogP contribution < -0.4 is 0 Å². The van der Waals surface area contributed by atoms with Gasteiger partial charge in [0, 0.05) is 12.7 Å². The Morgan fingerprint density at radius 2 is 1.70 bits per heavy atom. The minimum absolute atomic E-state index is 0. The molecule has 0 bridgehead atoms. The summed E-state index contributed by atoms with van der Waals surface area (Å²) >= 11 is 0. The first-order chi connectivity index (χ1) is 11.7. The fourth-order valence-corrected chi connectivity index (χ4v) is 8.73. The number of carbonyl (C=O) groups excluding carboxylic acids is 1. The van der Waals surface area contributed by atoms with E-state index in [0.29, 0.717) is 6.61 Å². The number of esters is 1. The summed E-state index contributed by atoms with van der Waals surface area (Å²) in [5.41, 5.74) is 0. The van der Waals surface area contributed by atoms with E-state index in [-0.39, 0.29) is 28.1 Å². The van der Waals surface area contributed by atoms with Gasteiger partial charge < -0.3 is 18.7 Å². The highest BCUT2D eigenvalue weighted by Crippen LogP contribution is 2.15. The van der Waals surface area contributed by atoms with Crippen molar-refractivity contribution in [2.75, 3.05) is 19.8 Å². The van der Waals surface area contributed by atoms with E-state index in [1.165, 1.54) is 19.3 Å². The number of rotatable bonds is 13. The number of hydrogen-bond donors (Lipinski definition) is 1. The molecule has 0 aliphatic heterocycles. The highest BCUT2D eigenvalue weighted by Gasteiger charge is 2.22. The second kappa shape index (κ2) is 21.8. The number of aliphatic hydroxyl groups is 1. The molecule has 0 amide bonds. The number of aliphatic hydroxyl groups excluding tert-OH is 1. The lowest BCUT2D eigenvalue weighted by molar-refractivity contribution is -0.141. The second-order valence-electron chi connectivity index (χ2n) is 6.95. The predicted molar refractivity (Wildman–Crippen MR) is 124 cm³/mol. The van der Waals surface area contributed by atoms with Crippen molar-refractivity contribution in [3.63, 3.8) is 0 Å². The predicted octanol–water partition coefficient (Wildman–Crippen LogP) is 5.16. The third-order valence-electron chi connectivity index (χ3n) is 3.22. The molecule has 166 valence electrons. The van der Waals surface area contributed by atoms with Gasteiger partial charge in [-0.15, -0.1) is 0 Å². The number of hydrogen-bond acceptors (Lipinski definition) is 5. The molecule has 0 rings (SSSR count). The van der Waals surface area contributed by atoms with E-state index in [0.717, 1.165) is 18.5 Å². The Kier molecular flexibility index (Phi) is 27.5. The van der Waals surface area contributed by atoms with Gasteiger partial charge in [-0.25, -0.2) is 4.79 Å². The SMILES string of the molecule is C.C.C=CC(=O)OCC(O)COCCC[Si](C)(C)O[SiH](C)C.CCCCC. The molecule has 0 aromatic carbocycles. The Morgan fingerprint density at radius 1 is 1.15 bits per heavy atom. The van der Waals surface area contributed by atoms with Crippen molar-refractivity contribution in [1.29, 1.82) is 0 Å². The molecule has 0 aliphatic carbocycles. The minimum atomic E-state index is -1.54. The third-order valence-corrected chi connectivity index (χ3v) is 9.22. The van der Waals surface area contributed by atoms with Crippen molar-refractivity contribution in [3.05, 3.63) is 12.7 Å². The van der Waals surface area contributed by atoms with Gasteiger partial charge >= 0.3 is 5.97 Å². The summed E-state index contributed by atoms with van der Waals surface area (Å²) < 4.78 is 16.1. The Balaban J connectivity index is -0.000000333. The maximum atomic E-state index is 10.8. The van der Waals surface area contributed by atoms with Crippen LogP contribution in [0.5, 0.6) is 0 Å². The van der Waals surface area contributed by atoms with Crippen molar-refractivity contribution in [2.24, 2.45) is 0 Å². The summed E-state index contributed by atoms with van der Waals surface area (Å²) in [6.07, 6.45) is 5.29. The molecule has 0 saturated heterocycles. The summed E-state index contributed by atoms with van der Waals surface area (Å²) in [4.78, 5) is 10.8. The van der Waals surface area contributed by atoms with Crippen molar-refractivity contribution in [3.8, 4) is 0 Å². The summed E-state index contributed by atoms with van der Waals surface area (Å²) in [5.74, 6) is -0.535. The van der Waals surface area contributed by atoms with Crippen molar-refractivity contribution in [1.82, 2.24) is 0 Å². The van der Waals surface area contributed by atoms with Crippen LogP contribution in [-0.2, 0) is 18.4 Å². The molecule has 5 nitrogen and oxygen atoms in total. The highest BCUT2D eigenvalue weighted by atomic mass is 28.4. The molecule has 27 heavy (non-hydrogen) atoms. The van der Waals surface area contributed by atoms with Crippen molar-refractivity contribution in [2.45, 2.75) is 92.7 Å². The summed E-state index contributed by atoms with van der Waals surface area (Å²) in [6.45, 7) is 17.2. The average Bonchev–Trinajstić information content (AvgIpc) is 2.52. The van der Waals surface area contributed by atoms with Crippen LogP contribution in [-0.4, -0.2) is 54.4 Å². The zero-order chi connectivity index (χ0) is 19.7. The molecule has 0 fully saturated rings. The topological polar surface area (TPSA) is 65.0 Å². The van der Waals surface area contributed by atoms with Gasteiger partial charge in [-0.1, -0.05) is 54.5 Å². The number of ether oxygens (including phenoxy) is 2. The van der Waals surface area contributed by atoms with Crippen molar-refractivity contribution < 1.29 is 23.5 Å². The maximum Gasteiger partial charge on any atom is 0.330 e. The van der Waals surface area contributed by atoms with Gasteiger partial charge in [0.25, 0.3) is 0 Å². The van der Waals surface area contributed by atoms with Crippen LogP contribution >= 0.6 is 0 Å². The van der Waals surface area contributed by atoms with E-state index in [1.54, 1.807) is 0 Å². The van der Waals surface area contributed by atoms with Crippen LogP contribution in [0.1, 0.15) is 54.4 Å². The van der Waals surface area contributed by atoms with E-state index >= 15 is 0 Å².